The number of para-hydroxylation sites is 1. The lowest BCUT2D eigenvalue weighted by Crippen LogP contribution is -2.49. The molecule has 1 aromatic heterocycles. The number of hydrogen-bond acceptors (Lipinski definition) is 4. The van der Waals surface area contributed by atoms with E-state index in [0.29, 0.717) is 16.6 Å². The molecule has 3 rings (SSSR count). The maximum atomic E-state index is 13.0. The summed E-state index contributed by atoms with van der Waals surface area (Å²) in [6.45, 7) is 9.03. The summed E-state index contributed by atoms with van der Waals surface area (Å²) >= 11 is 3.35. The fourth-order valence-corrected chi connectivity index (χ4v) is 3.68. The van der Waals surface area contributed by atoms with Crippen LogP contribution in [0.2, 0.25) is 0 Å². The maximum absolute atomic E-state index is 13.0. The fraction of sp³-hybridized carbons (Fsp3) is 0.269. The molecule has 2 amide bonds. The van der Waals surface area contributed by atoms with Crippen molar-refractivity contribution in [1.29, 1.82) is 0 Å². The van der Waals surface area contributed by atoms with Gasteiger partial charge in [0, 0.05) is 39.3 Å². The molecule has 2 aromatic carbocycles. The van der Waals surface area contributed by atoms with Gasteiger partial charge in [0.2, 0.25) is 0 Å². The van der Waals surface area contributed by atoms with E-state index < -0.39 is 23.5 Å². The zero-order valence-corrected chi connectivity index (χ0v) is 21.4. The molecule has 34 heavy (non-hydrogen) atoms. The van der Waals surface area contributed by atoms with Crippen LogP contribution >= 0.6 is 15.9 Å². The average Bonchev–Trinajstić information content (AvgIpc) is 3.13. The smallest absolute Gasteiger partial charge is 0.419 e. The minimum Gasteiger partial charge on any atom is -0.443 e. The van der Waals surface area contributed by atoms with Crippen molar-refractivity contribution in [2.45, 2.75) is 46.3 Å². The molecule has 0 aliphatic rings. The molecule has 1 heterocycles. The molecule has 0 bridgehead atoms. The highest BCUT2D eigenvalue weighted by atomic mass is 79.9. The molecule has 7 nitrogen and oxygen atoms in total. The molecule has 178 valence electrons. The molecule has 8 heteroatoms. The quantitative estimate of drug-likeness (QED) is 0.345. The van der Waals surface area contributed by atoms with Gasteiger partial charge in [-0.1, -0.05) is 40.2 Å². The van der Waals surface area contributed by atoms with Gasteiger partial charge in [0.1, 0.15) is 5.60 Å². The van der Waals surface area contributed by atoms with Crippen molar-refractivity contribution in [2.75, 3.05) is 0 Å². The number of fused-ring (bicyclic) bond motifs is 1. The SMILES string of the molecule is CC(C)N(NC(=O)c1cccc(Br)c1)C(=O)/C=C/c1cn(C(=O)OC(C)(C)C)c2ccccc12. The molecule has 0 unspecified atom stereocenters. The molecule has 0 fully saturated rings. The number of carbonyl (C=O) groups is 3. The summed E-state index contributed by atoms with van der Waals surface area (Å²) < 4.78 is 7.71. The number of aromatic nitrogens is 1. The molecular weight excluding hydrogens is 498 g/mol. The fourth-order valence-electron chi connectivity index (χ4n) is 3.28. The van der Waals surface area contributed by atoms with E-state index in [0.717, 1.165) is 9.86 Å². The van der Waals surface area contributed by atoms with Crippen LogP contribution in [-0.4, -0.2) is 39.1 Å². The van der Waals surface area contributed by atoms with E-state index in [1.54, 1.807) is 65.1 Å². The Morgan fingerprint density at radius 2 is 1.79 bits per heavy atom. The van der Waals surface area contributed by atoms with Crippen molar-refractivity contribution in [3.05, 3.63) is 76.4 Å². The topological polar surface area (TPSA) is 80.6 Å². The number of carbonyl (C=O) groups excluding carboxylic acids is 3. The van der Waals surface area contributed by atoms with E-state index in [9.17, 15) is 14.4 Å². The third-order valence-corrected chi connectivity index (χ3v) is 5.29. The van der Waals surface area contributed by atoms with Crippen LogP contribution in [0.3, 0.4) is 0 Å². The van der Waals surface area contributed by atoms with Crippen LogP contribution in [0.25, 0.3) is 17.0 Å². The Balaban J connectivity index is 1.85. The molecule has 1 N–H and O–H groups in total. The van der Waals surface area contributed by atoms with Crippen molar-refractivity contribution in [2.24, 2.45) is 0 Å². The van der Waals surface area contributed by atoms with Crippen molar-refractivity contribution < 1.29 is 19.1 Å². The lowest BCUT2D eigenvalue weighted by Gasteiger charge is -2.26. The number of rotatable bonds is 4. The van der Waals surface area contributed by atoms with Gasteiger partial charge < -0.3 is 4.74 Å². The van der Waals surface area contributed by atoms with E-state index in [2.05, 4.69) is 21.4 Å². The Morgan fingerprint density at radius 1 is 1.09 bits per heavy atom. The zero-order chi connectivity index (χ0) is 25.0. The second-order valence-corrected chi connectivity index (χ2v) is 9.95. The number of amides is 2. The number of nitrogens with zero attached hydrogens (tertiary/aromatic N) is 2. The van der Waals surface area contributed by atoms with Gasteiger partial charge in [-0.25, -0.2) is 9.80 Å². The first kappa shape index (κ1) is 25.2. The first-order valence-corrected chi connectivity index (χ1v) is 11.7. The number of ether oxygens (including phenoxy) is 1. The molecule has 0 aliphatic heterocycles. The second kappa shape index (κ2) is 10.3. The Labute approximate surface area is 207 Å². The van der Waals surface area contributed by atoms with E-state index in [-0.39, 0.29) is 6.04 Å². The van der Waals surface area contributed by atoms with Gasteiger partial charge in [0.25, 0.3) is 11.8 Å². The number of benzene rings is 2. The normalized spacial score (nSPS) is 11.7. The Bertz CT molecular complexity index is 1250. The van der Waals surface area contributed by atoms with Gasteiger partial charge in [0.15, 0.2) is 0 Å². The Kier molecular flexibility index (Phi) is 7.61. The molecule has 0 atom stereocenters. The standard InChI is InChI=1S/C26H28BrN3O4/c1-17(2)30(28-24(32)18-9-8-10-20(27)15-18)23(31)14-13-19-16-29(25(33)34-26(3,4)5)22-12-7-6-11-21(19)22/h6-17H,1-5H3,(H,28,32)/b14-13+. The minimum absolute atomic E-state index is 0.281. The van der Waals surface area contributed by atoms with E-state index in [1.807, 2.05) is 30.3 Å². The van der Waals surface area contributed by atoms with Crippen molar-refractivity contribution in [3.8, 4) is 0 Å². The predicted molar refractivity (Wildman–Crippen MR) is 136 cm³/mol. The van der Waals surface area contributed by atoms with Gasteiger partial charge in [-0.15, -0.1) is 0 Å². The van der Waals surface area contributed by atoms with Gasteiger partial charge in [-0.2, -0.15) is 0 Å². The van der Waals surface area contributed by atoms with Gasteiger partial charge in [-0.05, 0) is 65.0 Å². The Morgan fingerprint density at radius 3 is 2.44 bits per heavy atom. The van der Waals surface area contributed by atoms with Crippen LogP contribution in [0.5, 0.6) is 0 Å². The summed E-state index contributed by atoms with van der Waals surface area (Å²) in [5.41, 5.74) is 3.81. The van der Waals surface area contributed by atoms with Crippen LogP contribution in [0.15, 0.2) is 65.3 Å². The highest BCUT2D eigenvalue weighted by Crippen LogP contribution is 2.24. The van der Waals surface area contributed by atoms with E-state index in [1.165, 1.54) is 15.7 Å². The molecule has 0 radical (unpaired) electrons. The van der Waals surface area contributed by atoms with Crippen molar-refractivity contribution in [3.63, 3.8) is 0 Å². The summed E-state index contributed by atoms with van der Waals surface area (Å²) in [7, 11) is 0. The third kappa shape index (κ3) is 6.14. The van der Waals surface area contributed by atoms with Crippen LogP contribution in [0.1, 0.15) is 50.5 Å². The van der Waals surface area contributed by atoms with Gasteiger partial charge >= 0.3 is 6.09 Å². The number of halogens is 1. The van der Waals surface area contributed by atoms with Crippen molar-refractivity contribution >= 4 is 50.8 Å². The largest absolute Gasteiger partial charge is 0.443 e. The van der Waals surface area contributed by atoms with Crippen LogP contribution < -0.4 is 5.43 Å². The van der Waals surface area contributed by atoms with Crippen molar-refractivity contribution in [1.82, 2.24) is 15.0 Å². The van der Waals surface area contributed by atoms with E-state index in [4.69, 9.17) is 4.74 Å². The number of nitrogens with one attached hydrogen (secondary N) is 1. The van der Waals surface area contributed by atoms with E-state index >= 15 is 0 Å². The molecule has 3 aromatic rings. The zero-order valence-electron chi connectivity index (χ0n) is 19.8. The lowest BCUT2D eigenvalue weighted by molar-refractivity contribution is -0.130. The Hall–Kier alpha value is -3.39. The molecular formula is C26H28BrN3O4. The molecule has 0 saturated heterocycles. The first-order chi connectivity index (χ1) is 16.0. The van der Waals surface area contributed by atoms with Gasteiger partial charge in [-0.3, -0.25) is 19.6 Å². The highest BCUT2D eigenvalue weighted by Gasteiger charge is 2.21. The second-order valence-electron chi connectivity index (χ2n) is 9.04. The summed E-state index contributed by atoms with van der Waals surface area (Å²) in [4.78, 5) is 38.3. The first-order valence-electron chi connectivity index (χ1n) is 10.9. The van der Waals surface area contributed by atoms with Crippen LogP contribution in [-0.2, 0) is 9.53 Å². The summed E-state index contributed by atoms with van der Waals surface area (Å²) in [5, 5.41) is 2.07. The highest BCUT2D eigenvalue weighted by molar-refractivity contribution is 9.10. The minimum atomic E-state index is -0.640. The number of hydrogen-bond donors (Lipinski definition) is 1. The molecule has 0 spiro atoms. The molecule has 0 saturated carbocycles. The van der Waals surface area contributed by atoms with Crippen LogP contribution in [0.4, 0.5) is 4.79 Å². The predicted octanol–water partition coefficient (Wildman–Crippen LogP) is 5.78. The number of hydrazine groups is 1. The summed E-state index contributed by atoms with van der Waals surface area (Å²) in [6, 6.07) is 14.0. The summed E-state index contributed by atoms with van der Waals surface area (Å²) in [6.07, 6.45) is 4.15. The van der Waals surface area contributed by atoms with Gasteiger partial charge in [0.05, 0.1) is 5.52 Å². The summed E-state index contributed by atoms with van der Waals surface area (Å²) in [5.74, 6) is -0.786. The third-order valence-electron chi connectivity index (χ3n) is 4.80. The monoisotopic (exact) mass is 525 g/mol. The average molecular weight is 526 g/mol. The maximum Gasteiger partial charge on any atom is 0.419 e. The van der Waals surface area contributed by atoms with Crippen LogP contribution in [0, 0.1) is 0 Å². The molecule has 0 aliphatic carbocycles. The lowest BCUT2D eigenvalue weighted by atomic mass is 10.1.